The summed E-state index contributed by atoms with van der Waals surface area (Å²) in [5, 5.41) is 12.7. The zero-order chi connectivity index (χ0) is 15.6. The van der Waals surface area contributed by atoms with E-state index >= 15 is 0 Å². The van der Waals surface area contributed by atoms with Crippen LogP contribution in [0.5, 0.6) is 0 Å². The fraction of sp³-hybridized carbons (Fsp3) is 0.143. The minimum Gasteiger partial charge on any atom is -0.480 e. The van der Waals surface area contributed by atoms with Gasteiger partial charge in [-0.3, -0.25) is 9.59 Å². The van der Waals surface area contributed by atoms with Crippen LogP contribution in [-0.4, -0.2) is 31.2 Å². The molecule has 7 heteroatoms. The van der Waals surface area contributed by atoms with Gasteiger partial charge < -0.3 is 10.4 Å². The Labute approximate surface area is 121 Å². The van der Waals surface area contributed by atoms with Crippen LogP contribution in [0.25, 0.3) is 10.8 Å². The first kappa shape index (κ1) is 15.0. The topological polar surface area (TPSA) is 101 Å². The number of amides is 1. The van der Waals surface area contributed by atoms with Crippen LogP contribution >= 0.6 is 0 Å². The third-order valence-corrected chi connectivity index (χ3v) is 4.40. The first-order valence-corrected chi connectivity index (χ1v) is 7.69. The van der Waals surface area contributed by atoms with E-state index in [0.717, 1.165) is 5.39 Å². The van der Waals surface area contributed by atoms with Crippen molar-refractivity contribution in [2.75, 3.05) is 11.1 Å². The lowest BCUT2D eigenvalue weighted by Gasteiger charge is -2.06. The van der Waals surface area contributed by atoms with Gasteiger partial charge in [-0.15, -0.1) is 0 Å². The summed E-state index contributed by atoms with van der Waals surface area (Å²) in [6, 6.07) is 9.39. The van der Waals surface area contributed by atoms with Gasteiger partial charge in [-0.25, -0.2) is 8.42 Å². The molecule has 2 aromatic rings. The molecule has 21 heavy (non-hydrogen) atoms. The average molecular weight is 307 g/mol. The standard InChI is InChI=1S/C14H13NO5S/c1-9(16)15-12-4-2-11-7-13(5-3-10(11)6-12)21(19,20)8-14(17)18/h2-7H,8H2,1H3,(H,15,16)(H,17,18). The van der Waals surface area contributed by atoms with E-state index in [-0.39, 0.29) is 10.8 Å². The van der Waals surface area contributed by atoms with Crippen molar-refractivity contribution >= 4 is 38.2 Å². The van der Waals surface area contributed by atoms with Gasteiger partial charge in [0.1, 0.15) is 0 Å². The summed E-state index contributed by atoms with van der Waals surface area (Å²) in [5.74, 6) is -2.53. The molecule has 0 unspecified atom stereocenters. The number of carboxylic acid groups (broad SMARTS) is 1. The van der Waals surface area contributed by atoms with Gasteiger partial charge >= 0.3 is 5.97 Å². The summed E-state index contributed by atoms with van der Waals surface area (Å²) >= 11 is 0. The Bertz CT molecular complexity index is 826. The van der Waals surface area contributed by atoms with Gasteiger partial charge in [-0.05, 0) is 35.0 Å². The number of sulfone groups is 1. The van der Waals surface area contributed by atoms with E-state index in [4.69, 9.17) is 5.11 Å². The summed E-state index contributed by atoms with van der Waals surface area (Å²) in [6.45, 7) is 1.39. The number of benzene rings is 2. The van der Waals surface area contributed by atoms with Crippen LogP contribution in [0.1, 0.15) is 6.92 Å². The predicted molar refractivity (Wildman–Crippen MR) is 77.9 cm³/mol. The number of anilines is 1. The largest absolute Gasteiger partial charge is 0.480 e. The molecule has 110 valence electrons. The molecule has 0 bridgehead atoms. The SMILES string of the molecule is CC(=O)Nc1ccc2cc(S(=O)(=O)CC(=O)O)ccc2c1. The molecule has 1 amide bonds. The molecule has 0 radical (unpaired) electrons. The van der Waals surface area contributed by atoms with Crippen molar-refractivity contribution in [3.8, 4) is 0 Å². The van der Waals surface area contributed by atoms with Crippen LogP contribution in [0.2, 0.25) is 0 Å². The van der Waals surface area contributed by atoms with Gasteiger partial charge in [-0.1, -0.05) is 12.1 Å². The van der Waals surface area contributed by atoms with Crippen molar-refractivity contribution in [3.63, 3.8) is 0 Å². The monoisotopic (exact) mass is 307 g/mol. The number of carbonyl (C=O) groups excluding carboxylic acids is 1. The first-order valence-electron chi connectivity index (χ1n) is 6.04. The quantitative estimate of drug-likeness (QED) is 0.894. The Morgan fingerprint density at radius 1 is 1.10 bits per heavy atom. The molecule has 0 saturated heterocycles. The van der Waals surface area contributed by atoms with E-state index in [0.29, 0.717) is 11.1 Å². The minimum absolute atomic E-state index is 0.0373. The Balaban J connectivity index is 2.44. The Morgan fingerprint density at radius 3 is 2.33 bits per heavy atom. The third kappa shape index (κ3) is 3.57. The van der Waals surface area contributed by atoms with Gasteiger partial charge in [0.05, 0.1) is 4.90 Å². The number of carbonyl (C=O) groups is 2. The Morgan fingerprint density at radius 2 is 1.71 bits per heavy atom. The van der Waals surface area contributed by atoms with Gasteiger partial charge in [-0.2, -0.15) is 0 Å². The molecule has 0 fully saturated rings. The minimum atomic E-state index is -3.85. The molecule has 0 aliphatic carbocycles. The lowest BCUT2D eigenvalue weighted by atomic mass is 10.1. The van der Waals surface area contributed by atoms with E-state index in [1.165, 1.54) is 19.1 Å². The Kier molecular flexibility index (Phi) is 3.95. The van der Waals surface area contributed by atoms with Crippen LogP contribution in [0.15, 0.2) is 41.3 Å². The predicted octanol–water partition coefficient (Wildman–Crippen LogP) is 1.66. The molecule has 2 N–H and O–H groups in total. The highest BCUT2D eigenvalue weighted by Crippen LogP contribution is 2.23. The highest BCUT2D eigenvalue weighted by Gasteiger charge is 2.18. The van der Waals surface area contributed by atoms with E-state index in [1.54, 1.807) is 24.3 Å². The number of hydrogen-bond acceptors (Lipinski definition) is 4. The maximum atomic E-state index is 11.9. The van der Waals surface area contributed by atoms with Crippen LogP contribution in [0, 0.1) is 0 Å². The van der Waals surface area contributed by atoms with Crippen LogP contribution in [0.4, 0.5) is 5.69 Å². The van der Waals surface area contributed by atoms with Gasteiger partial charge in [0.15, 0.2) is 15.6 Å². The summed E-state index contributed by atoms with van der Waals surface area (Å²) in [5.41, 5.74) is 0.608. The van der Waals surface area contributed by atoms with Crippen molar-refractivity contribution in [3.05, 3.63) is 36.4 Å². The summed E-state index contributed by atoms with van der Waals surface area (Å²) in [7, 11) is -3.85. The van der Waals surface area contributed by atoms with E-state index in [2.05, 4.69) is 5.32 Å². The third-order valence-electron chi connectivity index (χ3n) is 2.80. The molecule has 0 heterocycles. The zero-order valence-electron chi connectivity index (χ0n) is 11.2. The normalized spacial score (nSPS) is 11.3. The average Bonchev–Trinajstić information content (AvgIpc) is 2.35. The Hall–Kier alpha value is -2.41. The van der Waals surface area contributed by atoms with Crippen molar-refractivity contribution in [1.29, 1.82) is 0 Å². The number of nitrogens with one attached hydrogen (secondary N) is 1. The van der Waals surface area contributed by atoms with Crippen molar-refractivity contribution in [2.24, 2.45) is 0 Å². The molecular weight excluding hydrogens is 294 g/mol. The number of fused-ring (bicyclic) bond motifs is 1. The molecule has 2 rings (SSSR count). The zero-order valence-corrected chi connectivity index (χ0v) is 12.0. The number of hydrogen-bond donors (Lipinski definition) is 2. The highest BCUT2D eigenvalue weighted by molar-refractivity contribution is 7.92. The molecule has 6 nitrogen and oxygen atoms in total. The lowest BCUT2D eigenvalue weighted by molar-refractivity contribution is -0.134. The fourth-order valence-corrected chi connectivity index (χ4v) is 3.02. The molecule has 0 saturated carbocycles. The van der Waals surface area contributed by atoms with Crippen LogP contribution < -0.4 is 5.32 Å². The first-order chi connectivity index (χ1) is 9.78. The fourth-order valence-electron chi connectivity index (χ4n) is 1.94. The van der Waals surface area contributed by atoms with Crippen LogP contribution in [0.3, 0.4) is 0 Å². The number of rotatable bonds is 4. The summed E-state index contributed by atoms with van der Waals surface area (Å²) in [6.07, 6.45) is 0. The van der Waals surface area contributed by atoms with E-state index in [1.807, 2.05) is 0 Å². The number of aliphatic carboxylic acids is 1. The van der Waals surface area contributed by atoms with Crippen LogP contribution in [-0.2, 0) is 19.4 Å². The van der Waals surface area contributed by atoms with Gasteiger partial charge in [0, 0.05) is 12.6 Å². The molecule has 0 aliphatic rings. The molecular formula is C14H13NO5S. The van der Waals surface area contributed by atoms with E-state index < -0.39 is 21.6 Å². The second-order valence-electron chi connectivity index (χ2n) is 4.56. The van der Waals surface area contributed by atoms with Crippen molar-refractivity contribution in [1.82, 2.24) is 0 Å². The second-order valence-corrected chi connectivity index (χ2v) is 6.55. The highest BCUT2D eigenvalue weighted by atomic mass is 32.2. The summed E-state index contributed by atoms with van der Waals surface area (Å²) in [4.78, 5) is 21.5. The van der Waals surface area contributed by atoms with Gasteiger partial charge in [0.25, 0.3) is 0 Å². The van der Waals surface area contributed by atoms with Crippen molar-refractivity contribution in [2.45, 2.75) is 11.8 Å². The molecule has 2 aromatic carbocycles. The smallest absolute Gasteiger partial charge is 0.319 e. The molecule has 0 aliphatic heterocycles. The molecule has 0 spiro atoms. The maximum absolute atomic E-state index is 11.9. The van der Waals surface area contributed by atoms with Gasteiger partial charge in [0.2, 0.25) is 5.91 Å². The summed E-state index contributed by atoms with van der Waals surface area (Å²) < 4.78 is 23.7. The molecule has 0 atom stereocenters. The molecule has 0 aromatic heterocycles. The second kappa shape index (κ2) is 5.53. The number of carboxylic acids is 1. The van der Waals surface area contributed by atoms with E-state index in [9.17, 15) is 18.0 Å². The maximum Gasteiger partial charge on any atom is 0.319 e. The lowest BCUT2D eigenvalue weighted by Crippen LogP contribution is -2.15. The van der Waals surface area contributed by atoms with Crippen molar-refractivity contribution < 1.29 is 23.1 Å².